The lowest BCUT2D eigenvalue weighted by molar-refractivity contribution is 0.295. The van der Waals surface area contributed by atoms with Crippen molar-refractivity contribution in [2.45, 2.75) is 13.5 Å². The number of aryl methyl sites for hydroxylation is 1. The second-order valence-corrected chi connectivity index (χ2v) is 4.46. The number of hydrogen-bond donors (Lipinski definition) is 1. The molecule has 2 rings (SSSR count). The maximum atomic E-state index is 13.6. The van der Waals surface area contributed by atoms with Crippen molar-refractivity contribution in [3.05, 3.63) is 47.8 Å². The van der Waals surface area contributed by atoms with E-state index >= 15 is 0 Å². The fourth-order valence-corrected chi connectivity index (χ4v) is 1.85. The Balaban J connectivity index is 1.95. The van der Waals surface area contributed by atoms with Gasteiger partial charge in [0.1, 0.15) is 29.0 Å². The predicted octanol–water partition coefficient (Wildman–Crippen LogP) is 2.04. The minimum atomic E-state index is -0.469. The van der Waals surface area contributed by atoms with Gasteiger partial charge in [0.15, 0.2) is 0 Å². The number of nitrogens with zero attached hydrogens (tertiary/aromatic N) is 2. The van der Waals surface area contributed by atoms with Crippen molar-refractivity contribution in [1.82, 2.24) is 9.55 Å². The second-order valence-electron chi connectivity index (χ2n) is 4.02. The normalized spacial score (nSPS) is 10.4. The SMILES string of the molecule is Cc1nccn1CCOc1ccc(C(N)=S)c(F)c1. The number of thiocarbonyl (C=S) groups is 1. The highest BCUT2D eigenvalue weighted by Crippen LogP contribution is 2.16. The topological polar surface area (TPSA) is 53.1 Å². The van der Waals surface area contributed by atoms with Crippen molar-refractivity contribution in [1.29, 1.82) is 0 Å². The molecule has 0 bridgehead atoms. The molecule has 6 heteroatoms. The van der Waals surface area contributed by atoms with E-state index in [0.29, 0.717) is 18.9 Å². The Labute approximate surface area is 116 Å². The lowest BCUT2D eigenvalue weighted by Crippen LogP contribution is -2.12. The molecule has 1 aromatic carbocycles. The summed E-state index contributed by atoms with van der Waals surface area (Å²) in [4.78, 5) is 4.15. The molecule has 2 N–H and O–H groups in total. The zero-order valence-electron chi connectivity index (χ0n) is 10.5. The summed E-state index contributed by atoms with van der Waals surface area (Å²) < 4.78 is 21.0. The van der Waals surface area contributed by atoms with Crippen molar-refractivity contribution >= 4 is 17.2 Å². The lowest BCUT2D eigenvalue weighted by atomic mass is 10.2. The molecule has 0 fully saturated rings. The molecule has 0 aliphatic heterocycles. The van der Waals surface area contributed by atoms with Gasteiger partial charge in [-0.15, -0.1) is 0 Å². The Bertz CT molecular complexity index is 597. The number of benzene rings is 1. The van der Waals surface area contributed by atoms with Gasteiger partial charge in [-0.3, -0.25) is 0 Å². The lowest BCUT2D eigenvalue weighted by Gasteiger charge is -2.09. The first-order chi connectivity index (χ1) is 9.08. The highest BCUT2D eigenvalue weighted by Gasteiger charge is 2.06. The van der Waals surface area contributed by atoms with E-state index in [-0.39, 0.29) is 10.6 Å². The summed E-state index contributed by atoms with van der Waals surface area (Å²) in [7, 11) is 0. The second kappa shape index (κ2) is 5.79. The van der Waals surface area contributed by atoms with Crippen molar-refractivity contribution < 1.29 is 9.13 Å². The smallest absolute Gasteiger partial charge is 0.137 e. The van der Waals surface area contributed by atoms with Gasteiger partial charge in [-0.05, 0) is 19.1 Å². The fourth-order valence-electron chi connectivity index (χ4n) is 1.69. The van der Waals surface area contributed by atoms with Crippen molar-refractivity contribution in [3.63, 3.8) is 0 Å². The molecule has 1 aromatic heterocycles. The third kappa shape index (κ3) is 3.29. The Morgan fingerprint density at radius 1 is 1.53 bits per heavy atom. The molecule has 100 valence electrons. The maximum absolute atomic E-state index is 13.6. The Morgan fingerprint density at radius 3 is 2.89 bits per heavy atom. The summed E-state index contributed by atoms with van der Waals surface area (Å²) in [6.07, 6.45) is 3.60. The van der Waals surface area contributed by atoms with E-state index in [1.54, 1.807) is 12.3 Å². The molecule has 0 saturated heterocycles. The first kappa shape index (κ1) is 13.5. The number of aromatic nitrogens is 2. The van der Waals surface area contributed by atoms with Gasteiger partial charge in [0.2, 0.25) is 0 Å². The summed E-state index contributed by atoms with van der Waals surface area (Å²) in [5.74, 6) is 0.901. The molecule has 0 unspecified atom stereocenters. The number of ether oxygens (including phenoxy) is 1. The van der Waals surface area contributed by atoms with Crippen molar-refractivity contribution in [2.75, 3.05) is 6.61 Å². The molecule has 0 aliphatic rings. The van der Waals surface area contributed by atoms with Crippen LogP contribution in [0.25, 0.3) is 0 Å². The van der Waals surface area contributed by atoms with E-state index in [4.69, 9.17) is 22.7 Å². The van der Waals surface area contributed by atoms with Crippen LogP contribution in [0.1, 0.15) is 11.4 Å². The molecule has 2 aromatic rings. The average Bonchev–Trinajstić information content (AvgIpc) is 2.75. The van der Waals surface area contributed by atoms with Crippen LogP contribution in [-0.2, 0) is 6.54 Å². The summed E-state index contributed by atoms with van der Waals surface area (Å²) in [5, 5.41) is 0. The number of hydrogen-bond acceptors (Lipinski definition) is 3. The first-order valence-electron chi connectivity index (χ1n) is 5.78. The third-order valence-corrected chi connectivity index (χ3v) is 2.95. The molecule has 0 aliphatic carbocycles. The highest BCUT2D eigenvalue weighted by molar-refractivity contribution is 7.80. The molecule has 0 amide bonds. The fraction of sp³-hybridized carbons (Fsp3) is 0.231. The first-order valence-corrected chi connectivity index (χ1v) is 6.18. The average molecular weight is 279 g/mol. The van der Waals surface area contributed by atoms with E-state index < -0.39 is 5.82 Å². The minimum Gasteiger partial charge on any atom is -0.492 e. The molecule has 19 heavy (non-hydrogen) atoms. The quantitative estimate of drug-likeness (QED) is 0.851. The van der Waals surface area contributed by atoms with E-state index in [9.17, 15) is 4.39 Å². The van der Waals surface area contributed by atoms with Gasteiger partial charge in [0.05, 0.1) is 6.54 Å². The van der Waals surface area contributed by atoms with Gasteiger partial charge < -0.3 is 15.0 Å². The van der Waals surface area contributed by atoms with Gasteiger partial charge in [-0.1, -0.05) is 12.2 Å². The molecule has 1 heterocycles. The number of nitrogens with two attached hydrogens (primary N) is 1. The van der Waals surface area contributed by atoms with Crippen LogP contribution < -0.4 is 10.5 Å². The van der Waals surface area contributed by atoms with E-state index in [1.165, 1.54) is 12.1 Å². The van der Waals surface area contributed by atoms with Crippen molar-refractivity contribution in [2.24, 2.45) is 5.73 Å². The van der Waals surface area contributed by atoms with Gasteiger partial charge >= 0.3 is 0 Å². The Morgan fingerprint density at radius 2 is 2.32 bits per heavy atom. The van der Waals surface area contributed by atoms with Gasteiger partial charge in [-0.25, -0.2) is 9.37 Å². The zero-order valence-corrected chi connectivity index (χ0v) is 11.3. The molecule has 0 radical (unpaired) electrons. The van der Waals surface area contributed by atoms with Crippen molar-refractivity contribution in [3.8, 4) is 5.75 Å². The van der Waals surface area contributed by atoms with Gasteiger partial charge in [0, 0.05) is 24.0 Å². The molecule has 0 atom stereocenters. The van der Waals surface area contributed by atoms with Crippen LogP contribution in [0.15, 0.2) is 30.6 Å². The van der Waals surface area contributed by atoms with Crippen LogP contribution in [0.3, 0.4) is 0 Å². The minimum absolute atomic E-state index is 0.0399. The summed E-state index contributed by atoms with van der Waals surface area (Å²) in [6, 6.07) is 4.46. The summed E-state index contributed by atoms with van der Waals surface area (Å²) in [6.45, 7) is 3.00. The molecule has 0 spiro atoms. The standard InChI is InChI=1S/C13H14FN3OS/c1-9-16-4-5-17(9)6-7-18-10-2-3-11(13(15)19)12(14)8-10/h2-5,8H,6-7H2,1H3,(H2,15,19). The highest BCUT2D eigenvalue weighted by atomic mass is 32.1. The molecular weight excluding hydrogens is 265 g/mol. The van der Waals surface area contributed by atoms with E-state index in [2.05, 4.69) is 4.98 Å². The Kier molecular flexibility index (Phi) is 4.11. The van der Waals surface area contributed by atoms with Crippen LogP contribution in [0.5, 0.6) is 5.75 Å². The maximum Gasteiger partial charge on any atom is 0.137 e. The van der Waals surface area contributed by atoms with Crippen LogP contribution in [0.4, 0.5) is 4.39 Å². The monoisotopic (exact) mass is 279 g/mol. The zero-order chi connectivity index (χ0) is 13.8. The van der Waals surface area contributed by atoms with Crippen LogP contribution in [0, 0.1) is 12.7 Å². The van der Waals surface area contributed by atoms with Gasteiger partial charge in [-0.2, -0.15) is 0 Å². The van der Waals surface area contributed by atoms with Crippen LogP contribution >= 0.6 is 12.2 Å². The van der Waals surface area contributed by atoms with Crippen LogP contribution in [-0.4, -0.2) is 21.1 Å². The largest absolute Gasteiger partial charge is 0.492 e. The molecule has 0 saturated carbocycles. The Hall–Kier alpha value is -1.95. The van der Waals surface area contributed by atoms with Crippen LogP contribution in [0.2, 0.25) is 0 Å². The number of imidazole rings is 1. The molecular formula is C13H14FN3OS. The van der Waals surface area contributed by atoms with Gasteiger partial charge in [0.25, 0.3) is 0 Å². The summed E-state index contributed by atoms with van der Waals surface area (Å²) >= 11 is 4.74. The summed E-state index contributed by atoms with van der Waals surface area (Å²) in [5.41, 5.74) is 5.62. The van der Waals surface area contributed by atoms with E-state index in [0.717, 1.165) is 5.82 Å². The number of halogens is 1. The molecule has 4 nitrogen and oxygen atoms in total. The third-order valence-electron chi connectivity index (χ3n) is 2.73. The number of rotatable bonds is 5. The van der Waals surface area contributed by atoms with E-state index in [1.807, 2.05) is 17.7 Å². The predicted molar refractivity (Wildman–Crippen MR) is 74.7 cm³/mol.